The van der Waals surface area contributed by atoms with E-state index in [1.807, 2.05) is 30.3 Å². The van der Waals surface area contributed by atoms with Crippen molar-refractivity contribution >= 4 is 5.69 Å². The maximum atomic E-state index is 13.0. The maximum absolute atomic E-state index is 13.0. The van der Waals surface area contributed by atoms with Crippen LogP contribution in [-0.4, -0.2) is 9.78 Å². The minimum atomic E-state index is -4.47. The molecule has 2 aromatic carbocycles. The van der Waals surface area contributed by atoms with Gasteiger partial charge in [-0.3, -0.25) is 4.68 Å². The third-order valence-corrected chi connectivity index (χ3v) is 3.80. The minimum Gasteiger partial charge on any atom is -0.398 e. The van der Waals surface area contributed by atoms with Crippen LogP contribution in [-0.2, 0) is 19.1 Å². The smallest absolute Gasteiger partial charge is 0.398 e. The number of aromatic nitrogens is 2. The van der Waals surface area contributed by atoms with Crippen LogP contribution in [0, 0.1) is 0 Å². The van der Waals surface area contributed by atoms with Gasteiger partial charge in [-0.2, -0.15) is 18.3 Å². The zero-order valence-electron chi connectivity index (χ0n) is 12.8. The van der Waals surface area contributed by atoms with Gasteiger partial charge in [-0.15, -0.1) is 0 Å². The lowest BCUT2D eigenvalue weighted by atomic mass is 10.0. The fourth-order valence-electron chi connectivity index (χ4n) is 2.50. The maximum Gasteiger partial charge on any atom is 0.418 e. The quantitative estimate of drug-likeness (QED) is 0.720. The van der Waals surface area contributed by atoms with E-state index < -0.39 is 11.7 Å². The van der Waals surface area contributed by atoms with Gasteiger partial charge in [0.1, 0.15) is 0 Å². The first kappa shape index (κ1) is 16.1. The highest BCUT2D eigenvalue weighted by Crippen LogP contribution is 2.36. The van der Waals surface area contributed by atoms with Crippen LogP contribution in [0.15, 0.2) is 60.9 Å². The summed E-state index contributed by atoms with van der Waals surface area (Å²) in [5.74, 6) is 0. The van der Waals surface area contributed by atoms with E-state index in [9.17, 15) is 13.2 Å². The number of anilines is 1. The third-order valence-electron chi connectivity index (χ3n) is 3.80. The van der Waals surface area contributed by atoms with Crippen molar-refractivity contribution < 1.29 is 13.2 Å². The highest BCUT2D eigenvalue weighted by molar-refractivity contribution is 5.67. The molecular weight excluding hydrogens is 315 g/mol. The summed E-state index contributed by atoms with van der Waals surface area (Å²) in [6.07, 6.45) is -0.355. The Balaban J connectivity index is 1.78. The van der Waals surface area contributed by atoms with Gasteiger partial charge in [0.25, 0.3) is 0 Å². The zero-order chi connectivity index (χ0) is 17.2. The number of alkyl halides is 3. The Hall–Kier alpha value is -2.76. The minimum absolute atomic E-state index is 0.275. The van der Waals surface area contributed by atoms with Crippen molar-refractivity contribution in [2.45, 2.75) is 19.1 Å². The second-order valence-corrected chi connectivity index (χ2v) is 5.53. The molecule has 24 heavy (non-hydrogen) atoms. The highest BCUT2D eigenvalue weighted by atomic mass is 19.4. The van der Waals surface area contributed by atoms with Gasteiger partial charge in [-0.05, 0) is 29.7 Å². The summed E-state index contributed by atoms with van der Waals surface area (Å²) in [5, 5.41) is 4.23. The highest BCUT2D eigenvalue weighted by Gasteiger charge is 2.33. The number of nitrogen functional groups attached to an aromatic ring is 1. The van der Waals surface area contributed by atoms with Gasteiger partial charge in [-0.25, -0.2) is 0 Å². The number of nitrogens with zero attached hydrogens (tertiary/aromatic N) is 2. The summed E-state index contributed by atoms with van der Waals surface area (Å²) in [5.41, 5.74) is 6.59. The van der Waals surface area contributed by atoms with Crippen molar-refractivity contribution in [1.29, 1.82) is 0 Å². The fourth-order valence-corrected chi connectivity index (χ4v) is 2.50. The van der Waals surface area contributed by atoms with E-state index >= 15 is 0 Å². The predicted octanol–water partition coefficient (Wildman–Crippen LogP) is 4.39. The van der Waals surface area contributed by atoms with Crippen LogP contribution >= 0.6 is 0 Å². The lowest BCUT2D eigenvalue weighted by Gasteiger charge is -2.11. The molecule has 0 aliphatic carbocycles. The average molecular weight is 331 g/mol. The lowest BCUT2D eigenvalue weighted by molar-refractivity contribution is -0.136. The molecule has 3 aromatic rings. The normalized spacial score (nSPS) is 11.6. The SMILES string of the molecule is Nc1ccc(-c2cnn(CCc3ccccc3)c2)cc1C(F)(F)F. The topological polar surface area (TPSA) is 43.8 Å². The van der Waals surface area contributed by atoms with E-state index in [2.05, 4.69) is 5.10 Å². The number of rotatable bonds is 4. The van der Waals surface area contributed by atoms with E-state index in [0.717, 1.165) is 12.5 Å². The number of hydrogen-bond acceptors (Lipinski definition) is 2. The monoisotopic (exact) mass is 331 g/mol. The van der Waals surface area contributed by atoms with E-state index in [4.69, 9.17) is 5.73 Å². The Bertz CT molecular complexity index is 823. The van der Waals surface area contributed by atoms with Gasteiger partial charge in [0.15, 0.2) is 0 Å². The zero-order valence-corrected chi connectivity index (χ0v) is 12.8. The molecule has 0 spiro atoms. The molecule has 0 saturated heterocycles. The summed E-state index contributed by atoms with van der Waals surface area (Å²) in [6, 6.07) is 13.9. The first-order chi connectivity index (χ1) is 11.4. The summed E-state index contributed by atoms with van der Waals surface area (Å²) >= 11 is 0. The Kier molecular flexibility index (Phi) is 4.29. The molecule has 6 heteroatoms. The van der Waals surface area contributed by atoms with E-state index in [1.54, 1.807) is 23.1 Å². The van der Waals surface area contributed by atoms with Crippen molar-refractivity contribution in [2.24, 2.45) is 0 Å². The van der Waals surface area contributed by atoms with Crippen molar-refractivity contribution in [3.8, 4) is 11.1 Å². The van der Waals surface area contributed by atoms with Crippen molar-refractivity contribution in [3.63, 3.8) is 0 Å². The van der Waals surface area contributed by atoms with Crippen LogP contribution in [0.3, 0.4) is 0 Å². The van der Waals surface area contributed by atoms with Crippen molar-refractivity contribution in [1.82, 2.24) is 9.78 Å². The molecule has 1 heterocycles. The molecule has 1 aromatic heterocycles. The number of nitrogens with two attached hydrogens (primary N) is 1. The van der Waals surface area contributed by atoms with E-state index in [0.29, 0.717) is 17.7 Å². The largest absolute Gasteiger partial charge is 0.418 e. The predicted molar refractivity (Wildman–Crippen MR) is 87.2 cm³/mol. The summed E-state index contributed by atoms with van der Waals surface area (Å²) in [6.45, 7) is 0.658. The van der Waals surface area contributed by atoms with Gasteiger partial charge in [-0.1, -0.05) is 36.4 Å². The van der Waals surface area contributed by atoms with Gasteiger partial charge < -0.3 is 5.73 Å². The van der Waals surface area contributed by atoms with Gasteiger partial charge >= 0.3 is 6.18 Å². The first-order valence-corrected chi connectivity index (χ1v) is 7.47. The van der Waals surface area contributed by atoms with Crippen molar-refractivity contribution in [3.05, 3.63) is 72.1 Å². The second kappa shape index (κ2) is 6.39. The van der Waals surface area contributed by atoms with Crippen LogP contribution < -0.4 is 5.73 Å². The first-order valence-electron chi connectivity index (χ1n) is 7.47. The molecule has 0 fully saturated rings. The number of hydrogen-bond donors (Lipinski definition) is 1. The molecule has 3 nitrogen and oxygen atoms in total. The second-order valence-electron chi connectivity index (χ2n) is 5.53. The molecule has 124 valence electrons. The molecular formula is C18H16F3N3. The molecule has 0 atom stereocenters. The Labute approximate surface area is 137 Å². The summed E-state index contributed by atoms with van der Waals surface area (Å²) in [4.78, 5) is 0. The number of halogens is 3. The van der Waals surface area contributed by atoms with E-state index in [1.165, 1.54) is 11.6 Å². The van der Waals surface area contributed by atoms with Gasteiger partial charge in [0.05, 0.1) is 11.8 Å². The standard InChI is InChI=1S/C18H16F3N3/c19-18(20,21)16-10-14(6-7-17(16)22)15-11-23-24(12-15)9-8-13-4-2-1-3-5-13/h1-7,10-12H,8-9,22H2. The molecule has 3 rings (SSSR count). The fraction of sp³-hybridized carbons (Fsp3) is 0.167. The number of benzene rings is 2. The molecule has 2 N–H and O–H groups in total. The molecule has 0 bridgehead atoms. The van der Waals surface area contributed by atoms with Crippen LogP contribution in [0.25, 0.3) is 11.1 Å². The third kappa shape index (κ3) is 3.59. The molecule has 0 radical (unpaired) electrons. The number of aryl methyl sites for hydroxylation is 2. The van der Waals surface area contributed by atoms with Gasteiger partial charge in [0.2, 0.25) is 0 Å². The van der Waals surface area contributed by atoms with Crippen molar-refractivity contribution in [2.75, 3.05) is 5.73 Å². The Morgan fingerprint density at radius 2 is 1.75 bits per heavy atom. The van der Waals surface area contributed by atoms with Crippen LogP contribution in [0.1, 0.15) is 11.1 Å². The summed E-state index contributed by atoms with van der Waals surface area (Å²) in [7, 11) is 0. The van der Waals surface area contributed by atoms with Gasteiger partial charge in [0, 0.05) is 24.0 Å². The molecule has 0 unspecified atom stereocenters. The lowest BCUT2D eigenvalue weighted by Crippen LogP contribution is -2.08. The Morgan fingerprint density at radius 1 is 1.00 bits per heavy atom. The molecule has 0 amide bonds. The summed E-state index contributed by atoms with van der Waals surface area (Å²) < 4.78 is 40.6. The Morgan fingerprint density at radius 3 is 2.46 bits per heavy atom. The average Bonchev–Trinajstić information content (AvgIpc) is 3.02. The van der Waals surface area contributed by atoms with Crippen LogP contribution in [0.2, 0.25) is 0 Å². The molecule has 0 aliphatic heterocycles. The van der Waals surface area contributed by atoms with E-state index in [-0.39, 0.29) is 5.69 Å². The van der Waals surface area contributed by atoms with Crippen LogP contribution in [0.5, 0.6) is 0 Å². The molecule has 0 aliphatic rings. The molecule has 0 saturated carbocycles. The van der Waals surface area contributed by atoms with Crippen LogP contribution in [0.4, 0.5) is 18.9 Å².